The van der Waals surface area contributed by atoms with Gasteiger partial charge < -0.3 is 14.6 Å². The number of epoxide rings is 1. The third-order valence-electron chi connectivity index (χ3n) is 2.81. The summed E-state index contributed by atoms with van der Waals surface area (Å²) in [7, 11) is 0. The van der Waals surface area contributed by atoms with Gasteiger partial charge in [0.2, 0.25) is 0 Å². The van der Waals surface area contributed by atoms with Gasteiger partial charge in [-0.25, -0.2) is 0 Å². The molecule has 4 heteroatoms. The predicted octanol–water partition coefficient (Wildman–Crippen LogP) is 2.25. The zero-order valence-corrected chi connectivity index (χ0v) is 11.1. The second-order valence-electron chi connectivity index (χ2n) is 5.95. The molecule has 1 atom stereocenters. The van der Waals surface area contributed by atoms with Crippen LogP contribution in [0.2, 0.25) is 0 Å². The van der Waals surface area contributed by atoms with Crippen molar-refractivity contribution in [2.75, 3.05) is 13.2 Å². The second kappa shape index (κ2) is 5.83. The van der Waals surface area contributed by atoms with Crippen molar-refractivity contribution in [3.05, 3.63) is 0 Å². The van der Waals surface area contributed by atoms with Crippen LogP contribution in [-0.2, 0) is 14.3 Å². The van der Waals surface area contributed by atoms with E-state index in [4.69, 9.17) is 14.6 Å². The van der Waals surface area contributed by atoms with Crippen LogP contribution in [0, 0.1) is 5.41 Å². The Labute approximate surface area is 103 Å². The Kier molecular flexibility index (Phi) is 4.95. The highest BCUT2D eigenvalue weighted by Crippen LogP contribution is 2.28. The molecule has 0 amide bonds. The number of hydrogen-bond donors (Lipinski definition) is 1. The van der Waals surface area contributed by atoms with Crippen molar-refractivity contribution in [2.45, 2.75) is 58.7 Å². The molecule has 0 bridgehead atoms. The SMILES string of the molecule is CC(C)(C)CCCCCC(=O)O[C@@]1(CO)CO1. The molecule has 1 N–H and O–H groups in total. The number of hydrogen-bond acceptors (Lipinski definition) is 4. The van der Waals surface area contributed by atoms with E-state index in [0.717, 1.165) is 19.3 Å². The van der Waals surface area contributed by atoms with Crippen molar-refractivity contribution >= 4 is 5.97 Å². The number of esters is 1. The normalized spacial score (nSPS) is 23.5. The molecule has 17 heavy (non-hydrogen) atoms. The molecule has 0 spiro atoms. The van der Waals surface area contributed by atoms with Crippen molar-refractivity contribution in [2.24, 2.45) is 5.41 Å². The van der Waals surface area contributed by atoms with Gasteiger partial charge in [-0.05, 0) is 18.3 Å². The zero-order valence-electron chi connectivity index (χ0n) is 11.1. The lowest BCUT2D eigenvalue weighted by Crippen LogP contribution is -2.25. The Morgan fingerprint density at radius 3 is 2.47 bits per heavy atom. The Morgan fingerprint density at radius 2 is 2.00 bits per heavy atom. The summed E-state index contributed by atoms with van der Waals surface area (Å²) < 4.78 is 9.93. The third kappa shape index (κ3) is 6.03. The standard InChI is InChI=1S/C13H24O4/c1-12(2,3)8-6-4-5-7-11(15)17-13(9-14)10-16-13/h14H,4-10H2,1-3H3/t13-/m0/s1. The predicted molar refractivity (Wildman–Crippen MR) is 64.4 cm³/mol. The Hall–Kier alpha value is -0.610. The van der Waals surface area contributed by atoms with Crippen molar-refractivity contribution in [3.8, 4) is 0 Å². The molecular weight excluding hydrogens is 220 g/mol. The fourth-order valence-electron chi connectivity index (χ4n) is 1.62. The van der Waals surface area contributed by atoms with E-state index in [2.05, 4.69) is 20.8 Å². The van der Waals surface area contributed by atoms with Gasteiger partial charge in [-0.2, -0.15) is 0 Å². The highest BCUT2D eigenvalue weighted by atomic mass is 16.8. The lowest BCUT2D eigenvalue weighted by atomic mass is 9.89. The van der Waals surface area contributed by atoms with Crippen molar-refractivity contribution in [3.63, 3.8) is 0 Å². The van der Waals surface area contributed by atoms with E-state index >= 15 is 0 Å². The van der Waals surface area contributed by atoms with Crippen LogP contribution in [0.25, 0.3) is 0 Å². The van der Waals surface area contributed by atoms with E-state index < -0.39 is 5.79 Å². The number of carbonyl (C=O) groups excluding carboxylic acids is 1. The number of aliphatic hydroxyl groups excluding tert-OH is 1. The molecule has 0 aromatic rings. The zero-order chi connectivity index (χ0) is 12.9. The number of aliphatic hydroxyl groups is 1. The molecule has 0 radical (unpaired) electrons. The van der Waals surface area contributed by atoms with Crippen molar-refractivity contribution in [1.82, 2.24) is 0 Å². The molecule has 4 nitrogen and oxygen atoms in total. The van der Waals surface area contributed by atoms with Crippen LogP contribution in [-0.4, -0.2) is 30.1 Å². The van der Waals surface area contributed by atoms with Crippen molar-refractivity contribution in [1.29, 1.82) is 0 Å². The monoisotopic (exact) mass is 244 g/mol. The van der Waals surface area contributed by atoms with Gasteiger partial charge in [-0.3, -0.25) is 4.79 Å². The van der Waals surface area contributed by atoms with Gasteiger partial charge in [0, 0.05) is 6.42 Å². The summed E-state index contributed by atoms with van der Waals surface area (Å²) >= 11 is 0. The van der Waals surface area contributed by atoms with Crippen LogP contribution in [0.15, 0.2) is 0 Å². The molecule has 1 rings (SSSR count). The minimum absolute atomic E-state index is 0.247. The molecule has 1 saturated heterocycles. The van der Waals surface area contributed by atoms with E-state index in [0.29, 0.717) is 18.4 Å². The van der Waals surface area contributed by atoms with Gasteiger partial charge in [0.05, 0.1) is 0 Å². The molecule has 0 aromatic carbocycles. The number of rotatable bonds is 7. The first-order valence-electron chi connectivity index (χ1n) is 6.34. The first-order valence-corrected chi connectivity index (χ1v) is 6.34. The molecule has 0 unspecified atom stereocenters. The smallest absolute Gasteiger partial charge is 0.308 e. The summed E-state index contributed by atoms with van der Waals surface area (Å²) in [5.41, 5.74) is 0.364. The summed E-state index contributed by atoms with van der Waals surface area (Å²) in [6.07, 6.45) is 4.61. The summed E-state index contributed by atoms with van der Waals surface area (Å²) in [5, 5.41) is 8.90. The third-order valence-corrected chi connectivity index (χ3v) is 2.81. The Bertz CT molecular complexity index is 251. The number of unbranched alkanes of at least 4 members (excludes halogenated alkanes) is 2. The average Bonchev–Trinajstić information content (AvgIpc) is 2.96. The maximum Gasteiger partial charge on any atom is 0.308 e. The first kappa shape index (κ1) is 14.5. The second-order valence-corrected chi connectivity index (χ2v) is 5.95. The van der Waals surface area contributed by atoms with Crippen LogP contribution in [0.4, 0.5) is 0 Å². The van der Waals surface area contributed by atoms with Crippen LogP contribution in [0.1, 0.15) is 52.9 Å². The fraction of sp³-hybridized carbons (Fsp3) is 0.923. The van der Waals surface area contributed by atoms with E-state index in [1.165, 1.54) is 6.42 Å². The summed E-state index contributed by atoms with van der Waals surface area (Å²) in [6.45, 7) is 6.73. The first-order chi connectivity index (χ1) is 7.87. The molecule has 0 aromatic heterocycles. The molecule has 1 heterocycles. The van der Waals surface area contributed by atoms with Gasteiger partial charge in [0.1, 0.15) is 13.2 Å². The minimum Gasteiger partial charge on any atom is -0.428 e. The molecule has 1 fully saturated rings. The quantitative estimate of drug-likeness (QED) is 0.424. The fourth-order valence-corrected chi connectivity index (χ4v) is 1.62. The highest BCUT2D eigenvalue weighted by Gasteiger charge is 2.48. The van der Waals surface area contributed by atoms with E-state index in [1.807, 2.05) is 0 Å². The van der Waals surface area contributed by atoms with E-state index in [1.54, 1.807) is 0 Å². The average molecular weight is 244 g/mol. The number of carbonyl (C=O) groups is 1. The van der Waals surface area contributed by atoms with E-state index in [9.17, 15) is 4.79 Å². The Balaban J connectivity index is 2.01. The van der Waals surface area contributed by atoms with Gasteiger partial charge in [-0.1, -0.05) is 33.6 Å². The molecule has 1 aliphatic rings. The summed E-state index contributed by atoms with van der Waals surface area (Å²) in [4.78, 5) is 11.4. The van der Waals surface area contributed by atoms with Gasteiger partial charge >= 0.3 is 5.97 Å². The van der Waals surface area contributed by atoms with Crippen LogP contribution < -0.4 is 0 Å². The maximum atomic E-state index is 11.4. The summed E-state index contributed by atoms with van der Waals surface area (Å²) in [5.74, 6) is -1.27. The molecular formula is C13H24O4. The highest BCUT2D eigenvalue weighted by molar-refractivity contribution is 5.69. The minimum atomic E-state index is -0.998. The lowest BCUT2D eigenvalue weighted by Gasteiger charge is -2.17. The van der Waals surface area contributed by atoms with Gasteiger partial charge in [-0.15, -0.1) is 0 Å². The van der Waals surface area contributed by atoms with Crippen LogP contribution >= 0.6 is 0 Å². The topological polar surface area (TPSA) is 59.1 Å². The van der Waals surface area contributed by atoms with Gasteiger partial charge in [0.25, 0.3) is 5.79 Å². The molecule has 0 saturated carbocycles. The molecule has 1 aliphatic heterocycles. The number of ether oxygens (including phenoxy) is 2. The Morgan fingerprint density at radius 1 is 1.35 bits per heavy atom. The summed E-state index contributed by atoms with van der Waals surface area (Å²) in [6, 6.07) is 0. The van der Waals surface area contributed by atoms with Crippen LogP contribution in [0.3, 0.4) is 0 Å². The van der Waals surface area contributed by atoms with Crippen LogP contribution in [0.5, 0.6) is 0 Å². The molecule has 0 aliphatic carbocycles. The van der Waals surface area contributed by atoms with Crippen molar-refractivity contribution < 1.29 is 19.4 Å². The molecule has 100 valence electrons. The maximum absolute atomic E-state index is 11.4. The van der Waals surface area contributed by atoms with E-state index in [-0.39, 0.29) is 12.6 Å². The van der Waals surface area contributed by atoms with Gasteiger partial charge in [0.15, 0.2) is 0 Å². The lowest BCUT2D eigenvalue weighted by molar-refractivity contribution is -0.163. The largest absolute Gasteiger partial charge is 0.428 e.